The van der Waals surface area contributed by atoms with E-state index in [4.69, 9.17) is 4.42 Å². The molecule has 164 valence electrons. The van der Waals surface area contributed by atoms with Gasteiger partial charge in [-0.1, -0.05) is 29.8 Å². The molecular formula is C25H25N3O4. The van der Waals surface area contributed by atoms with E-state index >= 15 is 0 Å². The normalized spacial score (nSPS) is 14.2. The number of hydrazone groups is 1. The highest BCUT2D eigenvalue weighted by molar-refractivity contribution is 6.09. The minimum absolute atomic E-state index is 0.112. The van der Waals surface area contributed by atoms with Crippen molar-refractivity contribution in [3.8, 4) is 5.75 Å². The van der Waals surface area contributed by atoms with Gasteiger partial charge in [-0.2, -0.15) is 5.10 Å². The number of amides is 2. The van der Waals surface area contributed by atoms with Crippen LogP contribution in [0, 0.1) is 20.8 Å². The Balaban J connectivity index is 1.58. The van der Waals surface area contributed by atoms with Crippen LogP contribution in [0.4, 0.5) is 5.69 Å². The molecule has 0 bridgehead atoms. The molecule has 2 aromatic carbocycles. The maximum Gasteiger partial charge on any atom is 0.291 e. The number of carbonyl (C=O) groups excluding carboxylic acids is 2. The Labute approximate surface area is 186 Å². The maximum atomic E-state index is 12.9. The molecule has 0 spiro atoms. The molecule has 7 heteroatoms. The highest BCUT2D eigenvalue weighted by atomic mass is 16.4. The lowest BCUT2D eigenvalue weighted by molar-refractivity contribution is 0.0950. The van der Waals surface area contributed by atoms with Crippen LogP contribution in [0.25, 0.3) is 0 Å². The number of fused-ring (bicyclic) bond motifs is 1. The van der Waals surface area contributed by atoms with E-state index in [0.717, 1.165) is 28.8 Å². The molecule has 1 aliphatic rings. The van der Waals surface area contributed by atoms with Crippen LogP contribution >= 0.6 is 0 Å². The van der Waals surface area contributed by atoms with Crippen LogP contribution in [-0.2, 0) is 6.42 Å². The molecule has 0 saturated heterocycles. The predicted octanol–water partition coefficient (Wildman–Crippen LogP) is 4.63. The third-order valence-electron chi connectivity index (χ3n) is 5.60. The molecule has 1 aromatic heterocycles. The van der Waals surface area contributed by atoms with Gasteiger partial charge >= 0.3 is 0 Å². The van der Waals surface area contributed by atoms with E-state index < -0.39 is 5.91 Å². The van der Waals surface area contributed by atoms with Gasteiger partial charge in [0.25, 0.3) is 11.8 Å². The van der Waals surface area contributed by atoms with Crippen molar-refractivity contribution in [2.24, 2.45) is 5.10 Å². The third kappa shape index (κ3) is 4.14. The Bertz CT molecular complexity index is 1240. The van der Waals surface area contributed by atoms with Gasteiger partial charge in [0, 0.05) is 23.2 Å². The Hall–Kier alpha value is -3.87. The number of nitrogens with one attached hydrogen (secondary N) is 2. The van der Waals surface area contributed by atoms with E-state index in [1.54, 1.807) is 12.1 Å². The molecule has 2 amide bonds. The van der Waals surface area contributed by atoms with Crippen molar-refractivity contribution in [2.45, 2.75) is 40.0 Å². The van der Waals surface area contributed by atoms with Gasteiger partial charge in [-0.25, -0.2) is 5.43 Å². The monoisotopic (exact) mass is 431 g/mol. The molecule has 0 unspecified atom stereocenters. The number of para-hydroxylation sites is 1. The molecule has 1 heterocycles. The number of aryl methyl sites for hydroxylation is 3. The average Bonchev–Trinajstić information content (AvgIpc) is 3.11. The molecule has 7 nitrogen and oxygen atoms in total. The number of rotatable bonds is 4. The number of nitrogens with zero attached hydrogens (tertiary/aromatic N) is 1. The fourth-order valence-electron chi connectivity index (χ4n) is 3.97. The first-order chi connectivity index (χ1) is 15.3. The zero-order chi connectivity index (χ0) is 22.8. The first kappa shape index (κ1) is 21.4. The van der Waals surface area contributed by atoms with Gasteiger partial charge < -0.3 is 14.8 Å². The third-order valence-corrected chi connectivity index (χ3v) is 5.60. The van der Waals surface area contributed by atoms with Crippen molar-refractivity contribution in [3.05, 3.63) is 81.8 Å². The molecule has 32 heavy (non-hydrogen) atoms. The summed E-state index contributed by atoms with van der Waals surface area (Å²) >= 11 is 0. The van der Waals surface area contributed by atoms with Gasteiger partial charge in [0.05, 0.1) is 11.3 Å². The number of hydrogen-bond acceptors (Lipinski definition) is 5. The summed E-state index contributed by atoms with van der Waals surface area (Å²) in [5, 5.41) is 17.1. The average molecular weight is 431 g/mol. The van der Waals surface area contributed by atoms with Crippen molar-refractivity contribution in [2.75, 3.05) is 5.32 Å². The summed E-state index contributed by atoms with van der Waals surface area (Å²) in [6.07, 6.45) is 2.13. The van der Waals surface area contributed by atoms with Gasteiger partial charge in [0.2, 0.25) is 0 Å². The first-order valence-electron chi connectivity index (χ1n) is 10.5. The van der Waals surface area contributed by atoms with Crippen molar-refractivity contribution in [1.29, 1.82) is 0 Å². The minimum atomic E-state index is -0.503. The maximum absolute atomic E-state index is 12.9. The number of furan rings is 1. The lowest BCUT2D eigenvalue weighted by Gasteiger charge is -2.13. The second kappa shape index (κ2) is 8.70. The van der Waals surface area contributed by atoms with Crippen molar-refractivity contribution < 1.29 is 19.1 Å². The van der Waals surface area contributed by atoms with Crippen LogP contribution in [0.1, 0.15) is 61.8 Å². The van der Waals surface area contributed by atoms with E-state index in [-0.39, 0.29) is 23.0 Å². The highest BCUT2D eigenvalue weighted by Gasteiger charge is 2.28. The SMILES string of the molecule is Cc1ccc(NC(=O)c2oc3c(c2C)/C(=N/NC(=O)c2ccccc2O)CCC3)c(C)c1. The fraction of sp³-hybridized carbons (Fsp3) is 0.240. The molecular weight excluding hydrogens is 406 g/mol. The van der Waals surface area contributed by atoms with Gasteiger partial charge in [-0.15, -0.1) is 0 Å². The number of benzene rings is 2. The molecule has 0 fully saturated rings. The lowest BCUT2D eigenvalue weighted by atomic mass is 9.93. The summed E-state index contributed by atoms with van der Waals surface area (Å²) in [5.74, 6) is 0.00389. The van der Waals surface area contributed by atoms with E-state index in [0.29, 0.717) is 29.9 Å². The number of aromatic hydroxyl groups is 1. The van der Waals surface area contributed by atoms with Crippen molar-refractivity contribution in [1.82, 2.24) is 5.43 Å². The minimum Gasteiger partial charge on any atom is -0.507 e. The van der Waals surface area contributed by atoms with Crippen LogP contribution in [0.15, 0.2) is 52.0 Å². The smallest absolute Gasteiger partial charge is 0.291 e. The van der Waals surface area contributed by atoms with Gasteiger partial charge in [-0.05, 0) is 57.4 Å². The summed E-state index contributed by atoms with van der Waals surface area (Å²) in [4.78, 5) is 25.4. The second-order valence-corrected chi connectivity index (χ2v) is 8.00. The summed E-state index contributed by atoms with van der Waals surface area (Å²) in [5.41, 5.74) is 7.60. The second-order valence-electron chi connectivity index (χ2n) is 8.00. The Morgan fingerprint density at radius 2 is 1.81 bits per heavy atom. The van der Waals surface area contributed by atoms with Gasteiger partial charge in [-0.3, -0.25) is 9.59 Å². The van der Waals surface area contributed by atoms with Crippen LogP contribution < -0.4 is 10.7 Å². The number of anilines is 1. The number of hydrogen-bond donors (Lipinski definition) is 3. The van der Waals surface area contributed by atoms with E-state index in [9.17, 15) is 14.7 Å². The molecule has 0 aliphatic heterocycles. The summed E-state index contributed by atoms with van der Waals surface area (Å²) < 4.78 is 5.93. The zero-order valence-corrected chi connectivity index (χ0v) is 18.3. The van der Waals surface area contributed by atoms with Crippen LogP contribution in [-0.4, -0.2) is 22.6 Å². The highest BCUT2D eigenvalue weighted by Crippen LogP contribution is 2.30. The molecule has 3 N–H and O–H groups in total. The van der Waals surface area contributed by atoms with Crippen molar-refractivity contribution >= 4 is 23.2 Å². The summed E-state index contributed by atoms with van der Waals surface area (Å²) in [6, 6.07) is 12.1. The first-order valence-corrected chi connectivity index (χ1v) is 10.5. The molecule has 3 aromatic rings. The van der Waals surface area contributed by atoms with E-state index in [1.165, 1.54) is 12.1 Å². The largest absolute Gasteiger partial charge is 0.507 e. The fourth-order valence-corrected chi connectivity index (χ4v) is 3.97. The van der Waals surface area contributed by atoms with Crippen LogP contribution in [0.3, 0.4) is 0 Å². The summed E-state index contributed by atoms with van der Waals surface area (Å²) in [7, 11) is 0. The van der Waals surface area contributed by atoms with Crippen LogP contribution in [0.5, 0.6) is 5.75 Å². The Morgan fingerprint density at radius 3 is 2.56 bits per heavy atom. The molecule has 0 saturated carbocycles. The molecule has 1 aliphatic carbocycles. The molecule has 0 atom stereocenters. The van der Waals surface area contributed by atoms with Crippen LogP contribution in [0.2, 0.25) is 0 Å². The quantitative estimate of drug-likeness (QED) is 0.524. The molecule has 4 rings (SSSR count). The Morgan fingerprint density at radius 1 is 1.03 bits per heavy atom. The van der Waals surface area contributed by atoms with Crippen molar-refractivity contribution in [3.63, 3.8) is 0 Å². The topological polar surface area (TPSA) is 104 Å². The zero-order valence-electron chi connectivity index (χ0n) is 18.3. The number of carbonyl (C=O) groups is 2. The van der Waals surface area contributed by atoms with Gasteiger partial charge in [0.1, 0.15) is 11.5 Å². The summed E-state index contributed by atoms with van der Waals surface area (Å²) in [6.45, 7) is 5.77. The lowest BCUT2D eigenvalue weighted by Crippen LogP contribution is -2.22. The number of phenols is 1. The van der Waals surface area contributed by atoms with E-state index in [1.807, 2.05) is 39.0 Å². The Kier molecular flexibility index (Phi) is 5.81. The predicted molar refractivity (Wildman–Crippen MR) is 122 cm³/mol. The van der Waals surface area contributed by atoms with Gasteiger partial charge in [0.15, 0.2) is 5.76 Å². The standard InChI is InChI=1S/C25H25N3O4/c1-14-11-12-18(15(2)13-14)26-25(31)23-16(3)22-19(8-6-10-21(22)32-23)27-28-24(30)17-7-4-5-9-20(17)29/h4-5,7,9,11-13,29H,6,8,10H2,1-3H3,(H,26,31)(H,28,30)/b27-19+. The molecule has 0 radical (unpaired) electrons. The van der Waals surface area contributed by atoms with E-state index in [2.05, 4.69) is 15.8 Å². The number of phenolic OH excluding ortho intramolecular Hbond substituents is 1.